The predicted octanol–water partition coefficient (Wildman–Crippen LogP) is 0.808. The third-order valence-corrected chi connectivity index (χ3v) is 3.50. The molecule has 0 amide bonds. The highest BCUT2D eigenvalue weighted by Gasteiger charge is 2.31. The van der Waals surface area contributed by atoms with Crippen LogP contribution in [0, 0.1) is 6.92 Å². The second-order valence-electron chi connectivity index (χ2n) is 5.11. The average Bonchev–Trinajstić information content (AvgIpc) is 2.78. The summed E-state index contributed by atoms with van der Waals surface area (Å²) in [6, 6.07) is 0.839. The summed E-state index contributed by atoms with van der Waals surface area (Å²) in [5, 5.41) is 0. The Morgan fingerprint density at radius 1 is 1.43 bits per heavy atom. The van der Waals surface area contributed by atoms with E-state index in [1.165, 1.54) is 6.07 Å². The molecule has 1 aromatic rings. The molecule has 0 spiro atoms. The molecule has 7 nitrogen and oxygen atoms in total. The van der Waals surface area contributed by atoms with E-state index in [1.54, 1.807) is 18.7 Å². The van der Waals surface area contributed by atoms with Crippen LogP contribution >= 0.6 is 0 Å². The second kappa shape index (κ2) is 6.71. The van der Waals surface area contributed by atoms with E-state index in [0.29, 0.717) is 25.3 Å². The van der Waals surface area contributed by atoms with Crippen LogP contribution in [0.25, 0.3) is 0 Å². The Labute approximate surface area is 122 Å². The smallest absolute Gasteiger partial charge is 0.323 e. The Bertz CT molecular complexity index is 574. The van der Waals surface area contributed by atoms with Crippen LogP contribution in [-0.4, -0.2) is 47.3 Å². The monoisotopic (exact) mass is 296 g/mol. The Kier molecular flexibility index (Phi) is 4.95. The maximum Gasteiger partial charge on any atom is 0.323 e. The summed E-state index contributed by atoms with van der Waals surface area (Å²) in [6.07, 6.45) is 2.50. The zero-order valence-electron chi connectivity index (χ0n) is 12.3. The standard InChI is InChI=1S/C14H20N2O5/c1-3-20-14(19)11-6-4-5-7-15(11)9-13(18)16-12(17)8-10(2)21-16/h8,11H,3-7,9H2,1-2H3. The first-order valence-corrected chi connectivity index (χ1v) is 7.16. The van der Waals surface area contributed by atoms with Gasteiger partial charge in [-0.15, -0.1) is 4.74 Å². The molecule has 0 N–H and O–H groups in total. The first-order chi connectivity index (χ1) is 10.0. The van der Waals surface area contributed by atoms with Crippen LogP contribution in [-0.2, 0) is 9.53 Å². The molecule has 21 heavy (non-hydrogen) atoms. The second-order valence-corrected chi connectivity index (χ2v) is 5.11. The van der Waals surface area contributed by atoms with Crippen molar-refractivity contribution in [3.8, 4) is 0 Å². The molecule has 1 atom stereocenters. The molecule has 2 heterocycles. The number of hydrogen-bond donors (Lipinski definition) is 0. The molecule has 1 aliphatic rings. The number of nitrogens with zero attached hydrogens (tertiary/aromatic N) is 2. The molecule has 0 bridgehead atoms. The highest BCUT2D eigenvalue weighted by molar-refractivity contribution is 5.81. The molecule has 116 valence electrons. The van der Waals surface area contributed by atoms with E-state index < -0.39 is 17.5 Å². The van der Waals surface area contributed by atoms with E-state index in [1.807, 2.05) is 0 Å². The minimum atomic E-state index is -0.484. The molecule has 2 rings (SSSR count). The first-order valence-electron chi connectivity index (χ1n) is 7.16. The van der Waals surface area contributed by atoms with Gasteiger partial charge in [-0.1, -0.05) is 6.42 Å². The van der Waals surface area contributed by atoms with Crippen molar-refractivity contribution in [2.24, 2.45) is 0 Å². The van der Waals surface area contributed by atoms with E-state index >= 15 is 0 Å². The number of esters is 1. The number of hydrogen-bond acceptors (Lipinski definition) is 6. The Morgan fingerprint density at radius 3 is 2.81 bits per heavy atom. The van der Waals surface area contributed by atoms with Gasteiger partial charge in [-0.2, -0.15) is 0 Å². The van der Waals surface area contributed by atoms with Crippen molar-refractivity contribution in [3.63, 3.8) is 0 Å². The van der Waals surface area contributed by atoms with Crippen LogP contribution in [0.5, 0.6) is 0 Å². The molecule has 1 unspecified atom stereocenters. The number of carbonyl (C=O) groups is 2. The number of aryl methyl sites for hydroxylation is 1. The van der Waals surface area contributed by atoms with Gasteiger partial charge in [0.2, 0.25) is 0 Å². The lowest BCUT2D eigenvalue weighted by molar-refractivity contribution is -0.150. The molecule has 1 saturated heterocycles. The fraction of sp³-hybridized carbons (Fsp3) is 0.643. The molecule has 0 saturated carbocycles. The number of likely N-dealkylation sites (tertiary alicyclic amines) is 1. The first kappa shape index (κ1) is 15.5. The van der Waals surface area contributed by atoms with E-state index in [4.69, 9.17) is 9.26 Å². The topological polar surface area (TPSA) is 81.8 Å². The van der Waals surface area contributed by atoms with Crippen molar-refractivity contribution in [2.45, 2.75) is 39.2 Å². The van der Waals surface area contributed by atoms with E-state index in [9.17, 15) is 14.4 Å². The largest absolute Gasteiger partial charge is 0.465 e. The van der Waals surface area contributed by atoms with Gasteiger partial charge in [0.05, 0.1) is 13.2 Å². The van der Waals surface area contributed by atoms with Gasteiger partial charge in [0, 0.05) is 6.07 Å². The lowest BCUT2D eigenvalue weighted by atomic mass is 10.0. The fourth-order valence-corrected chi connectivity index (χ4v) is 2.55. The third-order valence-electron chi connectivity index (χ3n) is 3.50. The summed E-state index contributed by atoms with van der Waals surface area (Å²) >= 11 is 0. The van der Waals surface area contributed by atoms with Crippen LogP contribution in [0.1, 0.15) is 36.7 Å². The summed E-state index contributed by atoms with van der Waals surface area (Å²) in [7, 11) is 0. The minimum absolute atomic E-state index is 0.0314. The van der Waals surface area contributed by atoms with Crippen LogP contribution in [0.3, 0.4) is 0 Å². The molecule has 0 aliphatic carbocycles. The third kappa shape index (κ3) is 3.60. The fourth-order valence-electron chi connectivity index (χ4n) is 2.55. The van der Waals surface area contributed by atoms with E-state index in [0.717, 1.165) is 17.6 Å². The van der Waals surface area contributed by atoms with Gasteiger partial charge in [-0.3, -0.25) is 19.3 Å². The summed E-state index contributed by atoms with van der Waals surface area (Å²) in [4.78, 5) is 37.4. The van der Waals surface area contributed by atoms with Crippen LogP contribution in [0.4, 0.5) is 0 Å². The zero-order valence-corrected chi connectivity index (χ0v) is 12.3. The van der Waals surface area contributed by atoms with Gasteiger partial charge in [0.25, 0.3) is 11.5 Å². The predicted molar refractivity (Wildman–Crippen MR) is 74.2 cm³/mol. The lowest BCUT2D eigenvalue weighted by Gasteiger charge is -2.32. The molecular weight excluding hydrogens is 276 g/mol. The SMILES string of the molecule is CCOC(=O)C1CCCCN1CC(=O)n1oc(C)cc1=O. The summed E-state index contributed by atoms with van der Waals surface area (Å²) in [5.74, 6) is -0.397. The van der Waals surface area contributed by atoms with Crippen LogP contribution in [0.15, 0.2) is 15.4 Å². The number of aromatic nitrogens is 1. The van der Waals surface area contributed by atoms with Crippen molar-refractivity contribution in [2.75, 3.05) is 19.7 Å². The van der Waals surface area contributed by atoms with Crippen molar-refractivity contribution in [1.82, 2.24) is 9.64 Å². The van der Waals surface area contributed by atoms with E-state index in [-0.39, 0.29) is 12.5 Å². The molecule has 0 aromatic carbocycles. The highest BCUT2D eigenvalue weighted by atomic mass is 16.5. The van der Waals surface area contributed by atoms with Gasteiger partial charge in [-0.05, 0) is 33.2 Å². The molecule has 1 aliphatic heterocycles. The van der Waals surface area contributed by atoms with Crippen molar-refractivity contribution >= 4 is 11.9 Å². The minimum Gasteiger partial charge on any atom is -0.465 e. The molecule has 1 fully saturated rings. The Hall–Kier alpha value is -1.89. The summed E-state index contributed by atoms with van der Waals surface area (Å²) in [6.45, 7) is 4.27. The Balaban J connectivity index is 2.08. The summed E-state index contributed by atoms with van der Waals surface area (Å²) < 4.78 is 10.9. The van der Waals surface area contributed by atoms with Crippen LogP contribution in [0.2, 0.25) is 0 Å². The summed E-state index contributed by atoms with van der Waals surface area (Å²) in [5.41, 5.74) is -0.484. The normalized spacial score (nSPS) is 19.4. The highest BCUT2D eigenvalue weighted by Crippen LogP contribution is 2.18. The van der Waals surface area contributed by atoms with Crippen LogP contribution < -0.4 is 5.56 Å². The van der Waals surface area contributed by atoms with Crippen molar-refractivity contribution in [1.29, 1.82) is 0 Å². The molecular formula is C14H20N2O5. The van der Waals surface area contributed by atoms with Gasteiger partial charge >= 0.3 is 5.97 Å². The Morgan fingerprint density at radius 2 is 2.19 bits per heavy atom. The number of ether oxygens (including phenoxy) is 1. The van der Waals surface area contributed by atoms with Gasteiger partial charge in [-0.25, -0.2) is 0 Å². The number of piperidine rings is 1. The van der Waals surface area contributed by atoms with Gasteiger partial charge in [0.1, 0.15) is 11.8 Å². The zero-order chi connectivity index (χ0) is 15.4. The van der Waals surface area contributed by atoms with Gasteiger partial charge < -0.3 is 9.26 Å². The molecule has 1 aromatic heterocycles. The maximum atomic E-state index is 12.1. The van der Waals surface area contributed by atoms with Gasteiger partial charge in [0.15, 0.2) is 0 Å². The van der Waals surface area contributed by atoms with Crippen molar-refractivity contribution in [3.05, 3.63) is 22.2 Å². The average molecular weight is 296 g/mol. The lowest BCUT2D eigenvalue weighted by Crippen LogP contribution is -2.49. The maximum absolute atomic E-state index is 12.1. The number of carbonyl (C=O) groups excluding carboxylic acids is 2. The molecule has 7 heteroatoms. The molecule has 0 radical (unpaired) electrons. The quantitative estimate of drug-likeness (QED) is 0.765. The number of rotatable bonds is 4. The van der Waals surface area contributed by atoms with E-state index in [2.05, 4.69) is 0 Å². The van der Waals surface area contributed by atoms with Crippen molar-refractivity contribution < 1.29 is 18.8 Å².